The van der Waals surface area contributed by atoms with Gasteiger partial charge in [-0.3, -0.25) is 4.79 Å². The van der Waals surface area contributed by atoms with Gasteiger partial charge in [0, 0.05) is 6.92 Å². The maximum Gasteiger partial charge on any atom is 0.231 e. The summed E-state index contributed by atoms with van der Waals surface area (Å²) in [5, 5.41) is 4.46. The number of amides is 1. The van der Waals surface area contributed by atoms with Crippen LogP contribution in [0.4, 0.5) is 0 Å². The number of nitrogens with one attached hydrogen (secondary N) is 1. The molecule has 0 saturated heterocycles. The zero-order chi connectivity index (χ0) is 17.0. The third kappa shape index (κ3) is 5.37. The summed E-state index contributed by atoms with van der Waals surface area (Å²) in [5.74, 6) is 0.0315. The molecule has 3 nitrogen and oxygen atoms in total. The van der Waals surface area contributed by atoms with Crippen LogP contribution in [0.15, 0.2) is 24.3 Å². The molecule has 0 aliphatic rings. The number of benzene rings is 1. The number of hydrogen-bond acceptors (Lipinski definition) is 2. The van der Waals surface area contributed by atoms with Gasteiger partial charge in [-0.25, -0.2) is 0 Å². The fraction of sp³-hybridized carbons (Fsp3) is 0.588. The maximum absolute atomic E-state index is 11.7. The van der Waals surface area contributed by atoms with E-state index in [0.717, 1.165) is 12.8 Å². The van der Waals surface area contributed by atoms with Gasteiger partial charge in [-0.1, -0.05) is 43.2 Å². The lowest BCUT2D eigenvalue weighted by Crippen LogP contribution is -2.66. The molecule has 0 aliphatic heterocycles. The van der Waals surface area contributed by atoms with Gasteiger partial charge in [-0.15, -0.1) is 0 Å². The number of rotatable bonds is 7. The average molecular weight is 338 g/mol. The SMILES string of the molecule is CCC[C@H](NC(C)=O)[Si](C)(O[Si](C)(C)C)c1cccc(C)c1. The number of carbonyl (C=O) groups excluding carboxylic acids is 1. The Morgan fingerprint density at radius 3 is 2.36 bits per heavy atom. The van der Waals surface area contributed by atoms with Crippen molar-refractivity contribution in [2.45, 2.75) is 65.5 Å². The minimum absolute atomic E-state index is 0.0315. The quantitative estimate of drug-likeness (QED) is 0.774. The zero-order valence-electron chi connectivity index (χ0n) is 15.1. The van der Waals surface area contributed by atoms with E-state index in [1.165, 1.54) is 10.8 Å². The second kappa shape index (κ2) is 7.57. The highest BCUT2D eigenvalue weighted by atomic mass is 28.4. The molecule has 0 aromatic heterocycles. The number of hydrogen-bond donors (Lipinski definition) is 1. The summed E-state index contributed by atoms with van der Waals surface area (Å²) < 4.78 is 6.74. The van der Waals surface area contributed by atoms with Crippen molar-refractivity contribution in [3.63, 3.8) is 0 Å². The summed E-state index contributed by atoms with van der Waals surface area (Å²) in [5.41, 5.74) is 1.36. The molecular weight excluding hydrogens is 306 g/mol. The molecule has 0 aliphatic carbocycles. The molecular formula is C17H31NO2Si2. The average Bonchev–Trinajstić information content (AvgIpc) is 2.35. The third-order valence-electron chi connectivity index (χ3n) is 3.73. The molecule has 2 atom stereocenters. The molecule has 1 unspecified atom stereocenters. The Bertz CT molecular complexity index is 514. The second-order valence-corrected chi connectivity index (χ2v) is 15.8. The Kier molecular flexibility index (Phi) is 6.58. The number of carbonyl (C=O) groups is 1. The lowest BCUT2D eigenvalue weighted by molar-refractivity contribution is -0.119. The first-order valence-corrected chi connectivity index (χ1v) is 14.0. The van der Waals surface area contributed by atoms with E-state index < -0.39 is 16.6 Å². The van der Waals surface area contributed by atoms with Crippen LogP contribution in [-0.2, 0) is 8.91 Å². The Morgan fingerprint density at radius 1 is 1.27 bits per heavy atom. The third-order valence-corrected chi connectivity index (χ3v) is 11.1. The van der Waals surface area contributed by atoms with Gasteiger partial charge in [0.25, 0.3) is 0 Å². The molecule has 0 radical (unpaired) electrons. The Balaban J connectivity index is 3.33. The topological polar surface area (TPSA) is 38.3 Å². The lowest BCUT2D eigenvalue weighted by Gasteiger charge is -2.41. The van der Waals surface area contributed by atoms with Crippen LogP contribution in [0.2, 0.25) is 26.2 Å². The van der Waals surface area contributed by atoms with E-state index in [-0.39, 0.29) is 11.6 Å². The molecule has 0 fully saturated rings. The van der Waals surface area contributed by atoms with Crippen LogP contribution >= 0.6 is 0 Å². The van der Waals surface area contributed by atoms with E-state index in [0.29, 0.717) is 0 Å². The van der Waals surface area contributed by atoms with Gasteiger partial charge < -0.3 is 9.43 Å². The second-order valence-electron chi connectivity index (χ2n) is 7.23. The summed E-state index contributed by atoms with van der Waals surface area (Å²) in [6, 6.07) is 8.61. The molecule has 1 N–H and O–H groups in total. The molecule has 1 rings (SSSR count). The van der Waals surface area contributed by atoms with Crippen molar-refractivity contribution in [2.75, 3.05) is 0 Å². The monoisotopic (exact) mass is 337 g/mol. The molecule has 0 heterocycles. The van der Waals surface area contributed by atoms with Crippen molar-refractivity contribution in [3.8, 4) is 0 Å². The van der Waals surface area contributed by atoms with E-state index >= 15 is 0 Å². The van der Waals surface area contributed by atoms with Gasteiger partial charge in [0.1, 0.15) is 0 Å². The van der Waals surface area contributed by atoms with E-state index in [9.17, 15) is 4.79 Å². The predicted molar refractivity (Wildman–Crippen MR) is 99.4 cm³/mol. The van der Waals surface area contributed by atoms with Gasteiger partial charge in [0.05, 0.1) is 5.67 Å². The van der Waals surface area contributed by atoms with Crippen LogP contribution in [0.1, 0.15) is 32.3 Å². The van der Waals surface area contributed by atoms with Crippen LogP contribution in [0.5, 0.6) is 0 Å². The van der Waals surface area contributed by atoms with Crippen molar-refractivity contribution < 1.29 is 8.91 Å². The summed E-state index contributed by atoms with van der Waals surface area (Å²) in [4.78, 5) is 11.7. The largest absolute Gasteiger partial charge is 0.451 e. The fourth-order valence-corrected chi connectivity index (χ4v) is 11.7. The van der Waals surface area contributed by atoms with Crippen molar-refractivity contribution in [1.29, 1.82) is 0 Å². The highest BCUT2D eigenvalue weighted by Gasteiger charge is 2.43. The first-order chi connectivity index (χ1) is 10.1. The van der Waals surface area contributed by atoms with Crippen molar-refractivity contribution >= 4 is 27.7 Å². The molecule has 0 saturated carbocycles. The Morgan fingerprint density at radius 2 is 1.91 bits per heavy atom. The molecule has 5 heteroatoms. The molecule has 1 aromatic rings. The van der Waals surface area contributed by atoms with Crippen LogP contribution in [0.3, 0.4) is 0 Å². The summed E-state index contributed by atoms with van der Waals surface area (Å²) in [6.07, 6.45) is 2.00. The van der Waals surface area contributed by atoms with Crippen LogP contribution in [0.25, 0.3) is 0 Å². The van der Waals surface area contributed by atoms with Crippen molar-refractivity contribution in [2.24, 2.45) is 0 Å². The van der Waals surface area contributed by atoms with E-state index in [4.69, 9.17) is 4.12 Å². The lowest BCUT2D eigenvalue weighted by atomic mass is 10.2. The number of aryl methyl sites for hydroxylation is 1. The van der Waals surface area contributed by atoms with Crippen molar-refractivity contribution in [3.05, 3.63) is 29.8 Å². The summed E-state index contributed by atoms with van der Waals surface area (Å²) in [6.45, 7) is 14.8. The molecule has 0 spiro atoms. The predicted octanol–water partition coefficient (Wildman–Crippen LogP) is 3.47. The summed E-state index contributed by atoms with van der Waals surface area (Å²) in [7, 11) is -4.00. The van der Waals surface area contributed by atoms with Crippen molar-refractivity contribution in [1.82, 2.24) is 5.32 Å². The summed E-state index contributed by atoms with van der Waals surface area (Å²) >= 11 is 0. The normalized spacial score (nSPS) is 16.0. The van der Waals surface area contributed by atoms with Gasteiger partial charge >= 0.3 is 0 Å². The first-order valence-electron chi connectivity index (χ1n) is 8.13. The first kappa shape index (κ1) is 19.1. The minimum atomic E-state index is -2.28. The zero-order valence-corrected chi connectivity index (χ0v) is 17.1. The van der Waals surface area contributed by atoms with Gasteiger partial charge in [-0.05, 0) is 44.7 Å². The minimum Gasteiger partial charge on any atom is -0.451 e. The smallest absolute Gasteiger partial charge is 0.231 e. The maximum atomic E-state index is 11.7. The van der Waals surface area contributed by atoms with E-state index in [1.807, 2.05) is 0 Å². The van der Waals surface area contributed by atoms with Gasteiger partial charge in [0.15, 0.2) is 8.32 Å². The molecule has 1 aromatic carbocycles. The van der Waals surface area contributed by atoms with E-state index in [1.54, 1.807) is 6.92 Å². The van der Waals surface area contributed by atoms with Gasteiger partial charge in [-0.2, -0.15) is 0 Å². The van der Waals surface area contributed by atoms with E-state index in [2.05, 4.69) is 69.6 Å². The molecule has 22 heavy (non-hydrogen) atoms. The van der Waals surface area contributed by atoms with Gasteiger partial charge in [0.2, 0.25) is 14.2 Å². The Labute approximate surface area is 137 Å². The van der Waals surface area contributed by atoms with Crippen LogP contribution in [0, 0.1) is 6.92 Å². The fourth-order valence-electron chi connectivity index (χ4n) is 2.94. The molecule has 0 bridgehead atoms. The van der Waals surface area contributed by atoms with Crippen LogP contribution < -0.4 is 10.5 Å². The standard InChI is InChI=1S/C17H31NO2Si2/c1-8-10-17(18-15(3)19)22(7,20-21(4,5)6)16-12-9-11-14(2)13-16/h9,11-13,17H,8,10H2,1-7H3,(H,18,19)/t17-,22?/m1/s1. The highest BCUT2D eigenvalue weighted by molar-refractivity contribution is 6.93. The highest BCUT2D eigenvalue weighted by Crippen LogP contribution is 2.21. The molecule has 1 amide bonds. The molecule has 124 valence electrons. The Hall–Kier alpha value is -0.916. The van der Waals surface area contributed by atoms with Crippen LogP contribution in [-0.4, -0.2) is 28.2 Å².